The number of rotatable bonds is 2. The summed E-state index contributed by atoms with van der Waals surface area (Å²) in [6.07, 6.45) is 0. The van der Waals surface area contributed by atoms with Crippen molar-refractivity contribution in [3.05, 3.63) is 48.0 Å². The molecule has 0 unspecified atom stereocenters. The molecule has 0 atom stereocenters. The molecule has 0 bridgehead atoms. The van der Waals surface area contributed by atoms with Gasteiger partial charge in [0, 0.05) is 11.3 Å². The quantitative estimate of drug-likeness (QED) is 0.609. The number of carbonyl (C=O) groups is 1. The van der Waals surface area contributed by atoms with Gasteiger partial charge in [0.2, 0.25) is 0 Å². The van der Waals surface area contributed by atoms with E-state index in [0.29, 0.717) is 22.3 Å². The summed E-state index contributed by atoms with van der Waals surface area (Å²) in [4.78, 5) is 12.0. The topological polar surface area (TPSA) is 90.9 Å². The number of amides is 1. The van der Waals surface area contributed by atoms with Crippen molar-refractivity contribution >= 4 is 22.6 Å². The maximum Gasteiger partial charge on any atom is 0.255 e. The van der Waals surface area contributed by atoms with Gasteiger partial charge < -0.3 is 10.4 Å². The number of nitrogens with one attached hydrogen (secondary N) is 2. The van der Waals surface area contributed by atoms with Crippen LogP contribution >= 0.6 is 0 Å². The van der Waals surface area contributed by atoms with E-state index in [1.807, 2.05) is 0 Å². The molecule has 0 aliphatic rings. The van der Waals surface area contributed by atoms with E-state index < -0.39 is 0 Å². The Morgan fingerprint density at radius 2 is 1.79 bits per heavy atom. The lowest BCUT2D eigenvalue weighted by Crippen LogP contribution is -2.11. The summed E-state index contributed by atoms with van der Waals surface area (Å²) in [6, 6.07) is 11.3. The number of aromatic nitrogens is 3. The van der Waals surface area contributed by atoms with Crippen LogP contribution in [-0.2, 0) is 0 Å². The summed E-state index contributed by atoms with van der Waals surface area (Å²) < 4.78 is 0. The maximum atomic E-state index is 12.0. The number of benzene rings is 2. The van der Waals surface area contributed by atoms with Gasteiger partial charge in [-0.3, -0.25) is 4.79 Å². The molecule has 1 amide bonds. The molecule has 3 N–H and O–H groups in total. The van der Waals surface area contributed by atoms with E-state index in [4.69, 9.17) is 0 Å². The predicted molar refractivity (Wildman–Crippen MR) is 69.9 cm³/mol. The first kappa shape index (κ1) is 11.2. The highest BCUT2D eigenvalue weighted by Crippen LogP contribution is 2.16. The first-order chi connectivity index (χ1) is 9.22. The number of hydrogen-bond acceptors (Lipinski definition) is 4. The molecule has 0 saturated heterocycles. The molecule has 6 heteroatoms. The maximum absolute atomic E-state index is 12.0. The number of phenols is 1. The Kier molecular flexibility index (Phi) is 2.60. The normalized spacial score (nSPS) is 10.5. The molecule has 0 saturated carbocycles. The molecule has 1 heterocycles. The standard InChI is InChI=1S/C13H10N4O2/c18-10-4-2-9(3-5-10)14-13(19)8-1-6-11-12(7-8)16-17-15-11/h1-7,18H,(H,14,19)(H,15,16,17). The highest BCUT2D eigenvalue weighted by atomic mass is 16.3. The molecule has 3 rings (SSSR count). The average molecular weight is 254 g/mol. The largest absolute Gasteiger partial charge is 0.508 e. The summed E-state index contributed by atoms with van der Waals surface area (Å²) in [7, 11) is 0. The Morgan fingerprint density at radius 1 is 1.05 bits per heavy atom. The molecule has 2 aromatic carbocycles. The van der Waals surface area contributed by atoms with Crippen LogP contribution in [0.4, 0.5) is 5.69 Å². The number of H-pyrrole nitrogens is 1. The molecule has 19 heavy (non-hydrogen) atoms. The van der Waals surface area contributed by atoms with Crippen LogP contribution in [0.1, 0.15) is 10.4 Å². The molecular weight excluding hydrogens is 244 g/mol. The number of fused-ring (bicyclic) bond motifs is 1. The van der Waals surface area contributed by atoms with Gasteiger partial charge in [-0.2, -0.15) is 15.4 Å². The summed E-state index contributed by atoms with van der Waals surface area (Å²) in [6.45, 7) is 0. The van der Waals surface area contributed by atoms with E-state index in [9.17, 15) is 9.90 Å². The first-order valence-corrected chi connectivity index (χ1v) is 5.63. The monoisotopic (exact) mass is 254 g/mol. The lowest BCUT2D eigenvalue weighted by atomic mass is 10.2. The van der Waals surface area contributed by atoms with E-state index >= 15 is 0 Å². The van der Waals surface area contributed by atoms with Crippen molar-refractivity contribution in [1.82, 2.24) is 15.4 Å². The Balaban J connectivity index is 1.84. The Labute approximate surface area is 108 Å². The summed E-state index contributed by atoms with van der Waals surface area (Å²) in [5.74, 6) is -0.0856. The fourth-order valence-corrected chi connectivity index (χ4v) is 1.73. The van der Waals surface area contributed by atoms with Crippen molar-refractivity contribution in [3.8, 4) is 5.75 Å². The van der Waals surface area contributed by atoms with Crippen molar-refractivity contribution in [2.75, 3.05) is 5.32 Å². The van der Waals surface area contributed by atoms with Crippen LogP contribution in [0, 0.1) is 0 Å². The van der Waals surface area contributed by atoms with E-state index in [1.54, 1.807) is 30.3 Å². The SMILES string of the molecule is O=C(Nc1ccc(O)cc1)c1ccc2n[nH]nc2c1. The van der Waals surface area contributed by atoms with Crippen molar-refractivity contribution < 1.29 is 9.90 Å². The van der Waals surface area contributed by atoms with Crippen LogP contribution in [0.3, 0.4) is 0 Å². The number of hydrogen-bond donors (Lipinski definition) is 3. The van der Waals surface area contributed by atoms with E-state index in [0.717, 1.165) is 0 Å². The molecular formula is C13H10N4O2. The van der Waals surface area contributed by atoms with Gasteiger partial charge in [-0.05, 0) is 42.5 Å². The molecule has 6 nitrogen and oxygen atoms in total. The van der Waals surface area contributed by atoms with Gasteiger partial charge >= 0.3 is 0 Å². The zero-order valence-corrected chi connectivity index (χ0v) is 9.79. The number of nitrogens with zero attached hydrogens (tertiary/aromatic N) is 2. The van der Waals surface area contributed by atoms with Crippen molar-refractivity contribution in [2.24, 2.45) is 0 Å². The van der Waals surface area contributed by atoms with Crippen molar-refractivity contribution in [1.29, 1.82) is 0 Å². The molecule has 0 radical (unpaired) electrons. The average Bonchev–Trinajstić information content (AvgIpc) is 2.88. The third-order valence-corrected chi connectivity index (χ3v) is 2.70. The van der Waals surface area contributed by atoms with Gasteiger partial charge in [0.1, 0.15) is 16.8 Å². The lowest BCUT2D eigenvalue weighted by Gasteiger charge is -2.05. The first-order valence-electron chi connectivity index (χ1n) is 5.63. The molecule has 3 aromatic rings. The third kappa shape index (κ3) is 2.23. The minimum absolute atomic E-state index is 0.155. The fraction of sp³-hybridized carbons (Fsp3) is 0. The molecule has 0 fully saturated rings. The highest BCUT2D eigenvalue weighted by Gasteiger charge is 2.08. The summed E-state index contributed by atoms with van der Waals surface area (Å²) in [5, 5.41) is 22.3. The van der Waals surface area contributed by atoms with E-state index in [-0.39, 0.29) is 11.7 Å². The Bertz CT molecular complexity index is 734. The van der Waals surface area contributed by atoms with Crippen LogP contribution in [0.15, 0.2) is 42.5 Å². The Hall–Kier alpha value is -2.89. The van der Waals surface area contributed by atoms with Crippen molar-refractivity contribution in [2.45, 2.75) is 0 Å². The zero-order valence-electron chi connectivity index (χ0n) is 9.79. The van der Waals surface area contributed by atoms with Gasteiger partial charge in [0.25, 0.3) is 5.91 Å². The van der Waals surface area contributed by atoms with Crippen LogP contribution in [0.5, 0.6) is 5.75 Å². The van der Waals surface area contributed by atoms with E-state index in [2.05, 4.69) is 20.7 Å². The van der Waals surface area contributed by atoms with Gasteiger partial charge in [-0.1, -0.05) is 0 Å². The molecule has 1 aromatic heterocycles. The van der Waals surface area contributed by atoms with E-state index in [1.165, 1.54) is 12.1 Å². The van der Waals surface area contributed by atoms with Gasteiger partial charge in [0.15, 0.2) is 0 Å². The fourth-order valence-electron chi connectivity index (χ4n) is 1.73. The van der Waals surface area contributed by atoms with Gasteiger partial charge in [-0.15, -0.1) is 0 Å². The second-order valence-corrected chi connectivity index (χ2v) is 4.03. The number of phenolic OH excluding ortho intramolecular Hbond substituents is 1. The minimum Gasteiger partial charge on any atom is -0.508 e. The summed E-state index contributed by atoms with van der Waals surface area (Å²) in [5.41, 5.74) is 2.46. The molecule has 0 aliphatic heterocycles. The Morgan fingerprint density at radius 3 is 2.58 bits per heavy atom. The van der Waals surface area contributed by atoms with Gasteiger partial charge in [-0.25, -0.2) is 0 Å². The number of aromatic amines is 1. The highest BCUT2D eigenvalue weighted by molar-refractivity contribution is 6.05. The second kappa shape index (κ2) is 4.41. The number of aromatic hydroxyl groups is 1. The molecule has 0 spiro atoms. The smallest absolute Gasteiger partial charge is 0.255 e. The zero-order chi connectivity index (χ0) is 13.2. The van der Waals surface area contributed by atoms with Crippen molar-refractivity contribution in [3.63, 3.8) is 0 Å². The van der Waals surface area contributed by atoms with Crippen LogP contribution in [-0.4, -0.2) is 26.4 Å². The predicted octanol–water partition coefficient (Wildman–Crippen LogP) is 1.92. The van der Waals surface area contributed by atoms with Crippen LogP contribution < -0.4 is 5.32 Å². The van der Waals surface area contributed by atoms with Crippen LogP contribution in [0.25, 0.3) is 11.0 Å². The number of anilines is 1. The lowest BCUT2D eigenvalue weighted by molar-refractivity contribution is 0.102. The molecule has 94 valence electrons. The second-order valence-electron chi connectivity index (χ2n) is 4.03. The third-order valence-electron chi connectivity index (χ3n) is 2.70. The summed E-state index contributed by atoms with van der Waals surface area (Å²) >= 11 is 0. The van der Waals surface area contributed by atoms with Gasteiger partial charge in [0.05, 0.1) is 0 Å². The molecule has 0 aliphatic carbocycles. The van der Waals surface area contributed by atoms with Crippen LogP contribution in [0.2, 0.25) is 0 Å². The minimum atomic E-state index is -0.240. The number of carbonyl (C=O) groups excluding carboxylic acids is 1.